The van der Waals surface area contributed by atoms with Crippen molar-refractivity contribution in [2.24, 2.45) is 47.3 Å². The summed E-state index contributed by atoms with van der Waals surface area (Å²) in [5, 5.41) is 0. The van der Waals surface area contributed by atoms with Crippen LogP contribution in [0.15, 0.2) is 85.6 Å². The zero-order valence-electron chi connectivity index (χ0n) is 31.7. The van der Waals surface area contributed by atoms with Crippen molar-refractivity contribution in [3.63, 3.8) is 0 Å². The van der Waals surface area contributed by atoms with Gasteiger partial charge >= 0.3 is 75.7 Å². The van der Waals surface area contributed by atoms with E-state index >= 15 is 0 Å². The van der Waals surface area contributed by atoms with Gasteiger partial charge in [0.25, 0.3) is 0 Å². The molecular formula is C43H70Cl4Zr2. The first kappa shape index (κ1) is 54.5. The van der Waals surface area contributed by atoms with Gasteiger partial charge in [0.05, 0.1) is 0 Å². The van der Waals surface area contributed by atoms with Crippen LogP contribution in [0.5, 0.6) is 0 Å². The molecule has 7 rings (SSSR count). The molecule has 0 bridgehead atoms. The zero-order chi connectivity index (χ0) is 32.5. The van der Waals surface area contributed by atoms with E-state index < -0.39 is 41.7 Å². The van der Waals surface area contributed by atoms with Crippen molar-refractivity contribution in [3.05, 3.63) is 115 Å². The fourth-order valence-corrected chi connectivity index (χ4v) is 8.16. The predicted molar refractivity (Wildman–Crippen MR) is 222 cm³/mol. The number of fused-ring (bicyclic) bond motifs is 3. The van der Waals surface area contributed by atoms with Crippen LogP contribution in [0.4, 0.5) is 0 Å². The van der Waals surface area contributed by atoms with E-state index in [4.69, 9.17) is 34.1 Å². The molecule has 7 aliphatic carbocycles. The van der Waals surface area contributed by atoms with Crippen molar-refractivity contribution in [3.8, 4) is 0 Å². The Morgan fingerprint density at radius 2 is 0.939 bits per heavy atom. The van der Waals surface area contributed by atoms with Gasteiger partial charge in [-0.2, -0.15) is 0 Å². The molecule has 0 aromatic carbocycles. The molecule has 6 heteroatoms. The molecule has 4 fully saturated rings. The van der Waals surface area contributed by atoms with Gasteiger partial charge in [0, 0.05) is 0 Å². The van der Waals surface area contributed by atoms with Gasteiger partial charge in [-0.25, -0.2) is 0 Å². The van der Waals surface area contributed by atoms with Crippen LogP contribution in [-0.4, -0.2) is 0 Å². The van der Waals surface area contributed by atoms with Gasteiger partial charge in [-0.1, -0.05) is 144 Å². The first-order valence-electron chi connectivity index (χ1n) is 17.7. The van der Waals surface area contributed by atoms with Gasteiger partial charge in [-0.05, 0) is 92.3 Å². The average Bonchev–Trinajstić information content (AvgIpc) is 3.90. The SMILES string of the molecule is C1=CC2CCCC2C=C1.C1=CC2CCCC2C=C1.C=CCC1CCC2C=CC=CC21.CCCCC1CCCC1.[CH3-].[CH3-].[CH3-].[CH3-].[Cl][Zr+2][Cl].[Cl][Zr+2][Cl]. The molecule has 0 aliphatic heterocycles. The van der Waals surface area contributed by atoms with Gasteiger partial charge in [-0.15, -0.1) is 6.58 Å². The van der Waals surface area contributed by atoms with Crippen LogP contribution in [0.3, 0.4) is 0 Å². The van der Waals surface area contributed by atoms with E-state index in [0.29, 0.717) is 0 Å². The van der Waals surface area contributed by atoms with Gasteiger partial charge < -0.3 is 29.7 Å². The summed E-state index contributed by atoms with van der Waals surface area (Å²) >= 11 is -1.65. The van der Waals surface area contributed by atoms with Crippen molar-refractivity contribution < 1.29 is 41.7 Å². The molecule has 7 unspecified atom stereocenters. The van der Waals surface area contributed by atoms with E-state index in [9.17, 15) is 0 Å². The van der Waals surface area contributed by atoms with Gasteiger partial charge in [0.1, 0.15) is 0 Å². The maximum atomic E-state index is 4.93. The third kappa shape index (κ3) is 22.8. The normalized spacial score (nSPS) is 28.0. The Kier molecular flexibility index (Phi) is 40.1. The van der Waals surface area contributed by atoms with Crippen molar-refractivity contribution in [1.29, 1.82) is 0 Å². The molecule has 0 amide bonds. The second kappa shape index (κ2) is 36.1. The molecule has 0 aromatic heterocycles. The molecule has 7 atom stereocenters. The average molecular weight is 911 g/mol. The van der Waals surface area contributed by atoms with Crippen LogP contribution in [0.1, 0.15) is 110 Å². The Hall–Kier alpha value is 1.11. The number of hydrogen-bond donors (Lipinski definition) is 0. The molecule has 278 valence electrons. The summed E-state index contributed by atoms with van der Waals surface area (Å²) in [4.78, 5) is 0. The Balaban J connectivity index is -0.000000535. The fraction of sp³-hybridized carbons (Fsp3) is 0.581. The number of allylic oxidation sites excluding steroid dienone is 13. The summed E-state index contributed by atoms with van der Waals surface area (Å²) in [6, 6.07) is 0. The molecule has 7 aliphatic rings. The molecule has 4 saturated carbocycles. The molecule has 0 saturated heterocycles. The van der Waals surface area contributed by atoms with E-state index in [-0.39, 0.29) is 29.7 Å². The van der Waals surface area contributed by atoms with Crippen LogP contribution >= 0.6 is 34.1 Å². The summed E-state index contributed by atoms with van der Waals surface area (Å²) in [7, 11) is 19.7. The summed E-state index contributed by atoms with van der Waals surface area (Å²) in [6.07, 6.45) is 52.3. The van der Waals surface area contributed by atoms with Crippen LogP contribution in [0, 0.1) is 77.0 Å². The van der Waals surface area contributed by atoms with Crippen molar-refractivity contribution in [1.82, 2.24) is 0 Å². The molecule has 0 heterocycles. The Morgan fingerprint density at radius 3 is 1.33 bits per heavy atom. The van der Waals surface area contributed by atoms with Gasteiger partial charge in [-0.3, -0.25) is 0 Å². The van der Waals surface area contributed by atoms with E-state index in [1.807, 2.05) is 0 Å². The monoisotopic (exact) mass is 906 g/mol. The zero-order valence-corrected chi connectivity index (χ0v) is 39.6. The topological polar surface area (TPSA) is 0 Å². The second-order valence-corrected chi connectivity index (χ2v) is 20.8. The first-order chi connectivity index (χ1) is 22.1. The van der Waals surface area contributed by atoms with Crippen LogP contribution in [0.2, 0.25) is 0 Å². The second-order valence-electron chi connectivity index (χ2n) is 13.4. The Labute approximate surface area is 344 Å². The summed E-state index contributed by atoms with van der Waals surface area (Å²) in [6.45, 7) is 6.11. The number of unbranched alkanes of at least 4 members (excludes halogenated alkanes) is 1. The number of halogens is 4. The van der Waals surface area contributed by atoms with E-state index in [2.05, 4.69) is 92.5 Å². The summed E-state index contributed by atoms with van der Waals surface area (Å²) in [5.41, 5.74) is 0. The van der Waals surface area contributed by atoms with E-state index in [0.717, 1.165) is 47.3 Å². The number of rotatable bonds is 5. The van der Waals surface area contributed by atoms with Gasteiger partial charge in [0.15, 0.2) is 0 Å². The molecule has 0 radical (unpaired) electrons. The van der Waals surface area contributed by atoms with Crippen LogP contribution in [-0.2, 0) is 41.7 Å². The fourth-order valence-electron chi connectivity index (χ4n) is 8.16. The minimum atomic E-state index is -0.826. The maximum absolute atomic E-state index is 4.93. The number of hydrogen-bond acceptors (Lipinski definition) is 0. The molecule has 49 heavy (non-hydrogen) atoms. The van der Waals surface area contributed by atoms with Crippen molar-refractivity contribution >= 4 is 34.1 Å². The first-order valence-corrected chi connectivity index (χ1v) is 30.4. The molecule has 0 N–H and O–H groups in total. The van der Waals surface area contributed by atoms with E-state index in [1.165, 1.54) is 103 Å². The quantitative estimate of drug-likeness (QED) is 0.190. The molecule has 0 spiro atoms. The predicted octanol–water partition coefficient (Wildman–Crippen LogP) is 16.3. The molecule has 0 aromatic rings. The Morgan fingerprint density at radius 1 is 0.551 bits per heavy atom. The summed E-state index contributed by atoms with van der Waals surface area (Å²) in [5.74, 6) is 7.22. The van der Waals surface area contributed by atoms with Gasteiger partial charge in [0.2, 0.25) is 0 Å². The Bertz CT molecular complexity index is 858. The van der Waals surface area contributed by atoms with Crippen LogP contribution in [0.25, 0.3) is 0 Å². The van der Waals surface area contributed by atoms with Crippen molar-refractivity contribution in [2.45, 2.75) is 110 Å². The third-order valence-corrected chi connectivity index (χ3v) is 10.5. The van der Waals surface area contributed by atoms with Crippen molar-refractivity contribution in [2.75, 3.05) is 0 Å². The standard InChI is InChI=1S/C12H16.2C9H12.C9H18.4CH3.4ClH.2Zr/c1-2-5-10-8-9-11-6-3-4-7-12(10)11;2*1-2-5-9-7-3-6-8(9)4-1;1-2-3-6-9-7-4-5-8-9;;;;;;;;;;/h2-4,6-7,10-12H,1,5,8-9H2;2*1-2,4-5,8-9H,3,6-7H2;9H,2-8H2,1H3;4*1H3;4*1H;;/q;;;;4*-1;;;;;2*+4/p-4. The molecular weight excluding hydrogens is 841 g/mol. The minimum absolute atomic E-state index is 0. The third-order valence-electron chi connectivity index (χ3n) is 10.5. The molecule has 0 nitrogen and oxygen atoms in total. The van der Waals surface area contributed by atoms with Crippen LogP contribution < -0.4 is 0 Å². The summed E-state index contributed by atoms with van der Waals surface area (Å²) < 4.78 is 0. The van der Waals surface area contributed by atoms with E-state index in [1.54, 1.807) is 0 Å².